The predicted octanol–water partition coefficient (Wildman–Crippen LogP) is 5.84. The minimum Gasteiger partial charge on any atom is -0.392 e. The van der Waals surface area contributed by atoms with Gasteiger partial charge in [-0.1, -0.05) is 35.9 Å². The zero-order chi connectivity index (χ0) is 27.1. The Labute approximate surface area is 235 Å². The molecule has 2 fully saturated rings. The molecule has 6 rings (SSSR count). The molecule has 1 saturated carbocycles. The highest BCUT2D eigenvalue weighted by atomic mass is 35.5. The van der Waals surface area contributed by atoms with Gasteiger partial charge < -0.3 is 25.2 Å². The molecule has 2 aromatic carbocycles. The number of aromatic nitrogens is 3. The van der Waals surface area contributed by atoms with Crippen LogP contribution in [-0.4, -0.2) is 69.8 Å². The van der Waals surface area contributed by atoms with E-state index in [0.29, 0.717) is 29.0 Å². The molecule has 2 aromatic heterocycles. The summed E-state index contributed by atoms with van der Waals surface area (Å²) in [4.78, 5) is 17.5. The second-order valence-corrected chi connectivity index (χ2v) is 11.7. The van der Waals surface area contributed by atoms with Crippen molar-refractivity contribution in [2.24, 2.45) is 0 Å². The average molecular weight is 545 g/mol. The van der Waals surface area contributed by atoms with Crippen molar-refractivity contribution >= 4 is 34.1 Å². The van der Waals surface area contributed by atoms with Gasteiger partial charge in [0.2, 0.25) is 5.95 Å². The summed E-state index contributed by atoms with van der Waals surface area (Å²) in [5, 5.41) is 14.9. The lowest BCUT2D eigenvalue weighted by Gasteiger charge is -2.38. The second-order valence-electron chi connectivity index (χ2n) is 11.3. The van der Waals surface area contributed by atoms with Crippen molar-refractivity contribution in [2.45, 2.75) is 57.2 Å². The van der Waals surface area contributed by atoms with Crippen molar-refractivity contribution in [2.75, 3.05) is 36.9 Å². The van der Waals surface area contributed by atoms with E-state index in [4.69, 9.17) is 16.6 Å². The Hall–Kier alpha value is -3.13. The molecule has 2 aliphatic rings. The van der Waals surface area contributed by atoms with Crippen LogP contribution in [-0.2, 0) is 0 Å². The Morgan fingerprint density at radius 2 is 2.03 bits per heavy atom. The van der Waals surface area contributed by atoms with Gasteiger partial charge in [0.15, 0.2) is 0 Å². The zero-order valence-corrected chi connectivity index (χ0v) is 23.6. The molecule has 3 N–H and O–H groups in total. The summed E-state index contributed by atoms with van der Waals surface area (Å²) in [6, 6.07) is 16.2. The molecule has 0 spiro atoms. The van der Waals surface area contributed by atoms with Crippen LogP contribution < -0.4 is 10.2 Å². The topological polar surface area (TPSA) is 80.3 Å². The van der Waals surface area contributed by atoms with E-state index in [1.807, 2.05) is 13.1 Å². The Balaban J connectivity index is 1.11. The monoisotopic (exact) mass is 544 g/mol. The van der Waals surface area contributed by atoms with Crippen molar-refractivity contribution in [1.29, 1.82) is 0 Å². The van der Waals surface area contributed by atoms with Crippen molar-refractivity contribution in [1.82, 2.24) is 19.9 Å². The van der Waals surface area contributed by atoms with Crippen LogP contribution >= 0.6 is 11.6 Å². The summed E-state index contributed by atoms with van der Waals surface area (Å²) in [6.07, 6.45) is 6.68. The van der Waals surface area contributed by atoms with Crippen LogP contribution in [0.25, 0.3) is 22.2 Å². The van der Waals surface area contributed by atoms with E-state index in [2.05, 4.69) is 81.5 Å². The number of H-pyrrole nitrogens is 1. The third-order valence-electron chi connectivity index (χ3n) is 8.24. The molecule has 4 aromatic rings. The Bertz CT molecular complexity index is 1460. The number of rotatable bonds is 8. The first-order chi connectivity index (χ1) is 18.9. The van der Waals surface area contributed by atoms with Crippen molar-refractivity contribution in [3.8, 4) is 11.3 Å². The summed E-state index contributed by atoms with van der Waals surface area (Å²) in [7, 11) is 2.13. The van der Waals surface area contributed by atoms with Crippen LogP contribution in [0.3, 0.4) is 0 Å². The number of nitrogens with zero attached hydrogens (tertiary/aromatic N) is 4. The van der Waals surface area contributed by atoms with Gasteiger partial charge in [-0.05, 0) is 69.5 Å². The first-order valence-corrected chi connectivity index (χ1v) is 14.3. The van der Waals surface area contributed by atoms with Gasteiger partial charge in [-0.3, -0.25) is 0 Å². The number of aliphatic hydroxyl groups is 1. The van der Waals surface area contributed by atoms with Gasteiger partial charge in [-0.25, -0.2) is 9.97 Å². The number of aliphatic hydroxyl groups excluding tert-OH is 1. The SMILES string of the molecule is Cc1ccc2c(-c3nc(NC4CC4c4cccc(N5CCC(N(C)CC(C)O)CC5)c4)ncc3Cl)c[nH]c2c1. The van der Waals surface area contributed by atoms with E-state index in [0.717, 1.165) is 61.1 Å². The number of anilines is 2. The molecule has 204 valence electrons. The molecule has 3 atom stereocenters. The number of aryl methyl sites for hydroxylation is 1. The maximum atomic E-state index is 9.73. The van der Waals surface area contributed by atoms with Crippen molar-refractivity contribution in [3.05, 3.63) is 71.0 Å². The van der Waals surface area contributed by atoms with E-state index < -0.39 is 0 Å². The number of halogens is 1. The number of fused-ring (bicyclic) bond motifs is 1. The summed E-state index contributed by atoms with van der Waals surface area (Å²) in [6.45, 7) is 6.76. The van der Waals surface area contributed by atoms with Crippen LogP contribution in [0.4, 0.5) is 11.6 Å². The largest absolute Gasteiger partial charge is 0.392 e. The number of hydrogen-bond acceptors (Lipinski definition) is 6. The van der Waals surface area contributed by atoms with Gasteiger partial charge in [-0.15, -0.1) is 0 Å². The molecule has 39 heavy (non-hydrogen) atoms. The summed E-state index contributed by atoms with van der Waals surface area (Å²) in [5.74, 6) is 1.06. The van der Waals surface area contributed by atoms with E-state index in [1.54, 1.807) is 6.20 Å². The highest BCUT2D eigenvalue weighted by molar-refractivity contribution is 6.33. The predicted molar refractivity (Wildman–Crippen MR) is 160 cm³/mol. The normalized spacial score (nSPS) is 20.5. The summed E-state index contributed by atoms with van der Waals surface area (Å²) < 4.78 is 0. The van der Waals surface area contributed by atoms with E-state index in [-0.39, 0.29) is 6.10 Å². The molecule has 8 heteroatoms. The fourth-order valence-corrected chi connectivity index (χ4v) is 6.23. The van der Waals surface area contributed by atoms with Gasteiger partial charge in [0, 0.05) is 66.0 Å². The highest BCUT2D eigenvalue weighted by Gasteiger charge is 2.39. The van der Waals surface area contributed by atoms with Gasteiger partial charge in [0.1, 0.15) is 0 Å². The summed E-state index contributed by atoms with van der Waals surface area (Å²) >= 11 is 6.55. The smallest absolute Gasteiger partial charge is 0.223 e. The number of likely N-dealkylation sites (N-methyl/N-ethyl adjacent to an activating group) is 1. The molecule has 0 amide bonds. The minimum absolute atomic E-state index is 0.285. The lowest BCUT2D eigenvalue weighted by molar-refractivity contribution is 0.108. The molecule has 1 aliphatic carbocycles. The molecule has 0 radical (unpaired) electrons. The van der Waals surface area contributed by atoms with Crippen LogP contribution in [0, 0.1) is 6.92 Å². The molecule has 1 aliphatic heterocycles. The first-order valence-electron chi connectivity index (χ1n) is 14.0. The molecule has 3 heterocycles. The maximum Gasteiger partial charge on any atom is 0.223 e. The minimum atomic E-state index is -0.285. The van der Waals surface area contributed by atoms with Gasteiger partial charge in [-0.2, -0.15) is 0 Å². The number of hydrogen-bond donors (Lipinski definition) is 3. The van der Waals surface area contributed by atoms with E-state index >= 15 is 0 Å². The Kier molecular flexibility index (Phi) is 7.23. The molecular weight excluding hydrogens is 508 g/mol. The quantitative estimate of drug-likeness (QED) is 0.259. The molecule has 0 bridgehead atoms. The molecule has 7 nitrogen and oxygen atoms in total. The molecule has 3 unspecified atom stereocenters. The molecular formula is C31H37ClN6O. The van der Waals surface area contributed by atoms with E-state index in [1.165, 1.54) is 16.8 Å². The average Bonchev–Trinajstić information content (AvgIpc) is 3.58. The van der Waals surface area contributed by atoms with Crippen molar-refractivity contribution < 1.29 is 5.11 Å². The summed E-state index contributed by atoms with van der Waals surface area (Å²) in [5.41, 5.74) is 6.68. The van der Waals surface area contributed by atoms with Crippen LogP contribution in [0.5, 0.6) is 0 Å². The fourth-order valence-electron chi connectivity index (χ4n) is 6.03. The zero-order valence-electron chi connectivity index (χ0n) is 22.9. The maximum absolute atomic E-state index is 9.73. The molecule has 1 saturated heterocycles. The first kappa shape index (κ1) is 26.1. The Morgan fingerprint density at radius 1 is 1.21 bits per heavy atom. The van der Waals surface area contributed by atoms with E-state index in [9.17, 15) is 5.11 Å². The third kappa shape index (κ3) is 5.62. The Morgan fingerprint density at radius 3 is 2.82 bits per heavy atom. The second kappa shape index (κ2) is 10.8. The van der Waals surface area contributed by atoms with Crippen LogP contribution in [0.1, 0.15) is 43.2 Å². The number of nitrogens with one attached hydrogen (secondary N) is 2. The van der Waals surface area contributed by atoms with Gasteiger partial charge in [0.05, 0.1) is 23.0 Å². The third-order valence-corrected chi connectivity index (χ3v) is 8.52. The lowest BCUT2D eigenvalue weighted by atomic mass is 10.0. The fraction of sp³-hybridized carbons (Fsp3) is 0.419. The number of piperidine rings is 1. The highest BCUT2D eigenvalue weighted by Crippen LogP contribution is 2.44. The van der Waals surface area contributed by atoms with Gasteiger partial charge >= 0.3 is 0 Å². The number of benzene rings is 2. The van der Waals surface area contributed by atoms with Crippen molar-refractivity contribution in [3.63, 3.8) is 0 Å². The number of aromatic amines is 1. The van der Waals surface area contributed by atoms with Crippen LogP contribution in [0.15, 0.2) is 54.9 Å². The standard InChI is InChI=1S/C31H37ClN6O/c1-19-7-8-24-26(16-33-28(24)13-19)30-27(32)17-34-31(36-30)35-29-15-25(29)21-5-4-6-23(14-21)38-11-9-22(10-12-38)37(3)18-20(2)39/h4-8,13-14,16-17,20,22,25,29,33,39H,9-12,15,18H2,1-3H3,(H,34,35,36). The lowest BCUT2D eigenvalue weighted by Crippen LogP contribution is -2.45. The van der Waals surface area contributed by atoms with Gasteiger partial charge in [0.25, 0.3) is 0 Å². The van der Waals surface area contributed by atoms with Crippen LogP contribution in [0.2, 0.25) is 5.02 Å².